The molecule has 3 atom stereocenters. The Hall–Kier alpha value is -1.92. The number of methoxy groups -OCH3 is 2. The number of nitrogens with zero attached hydrogens (tertiary/aromatic N) is 1. The summed E-state index contributed by atoms with van der Waals surface area (Å²) in [5.41, 5.74) is 2.07. The lowest BCUT2D eigenvalue weighted by Crippen LogP contribution is -2.43. The van der Waals surface area contributed by atoms with E-state index in [0.717, 1.165) is 41.4 Å². The van der Waals surface area contributed by atoms with Gasteiger partial charge in [-0.2, -0.15) is 0 Å². The fourth-order valence-electron chi connectivity index (χ4n) is 4.25. The van der Waals surface area contributed by atoms with Crippen molar-refractivity contribution in [3.8, 4) is 11.5 Å². The molecule has 7 heteroatoms. The van der Waals surface area contributed by atoms with E-state index in [4.69, 9.17) is 9.47 Å². The molecule has 28 heavy (non-hydrogen) atoms. The van der Waals surface area contributed by atoms with Gasteiger partial charge >= 0.3 is 0 Å². The molecule has 0 saturated carbocycles. The van der Waals surface area contributed by atoms with Gasteiger partial charge in [0.05, 0.1) is 30.6 Å². The first-order valence-electron chi connectivity index (χ1n) is 9.20. The SMILES string of the molecule is COc1ccc(CNC(=O)C2CSC34CC=CC=C3N=CCC24)c(OC)c1.Cl. The Bertz CT molecular complexity index is 839. The van der Waals surface area contributed by atoms with Crippen LogP contribution in [0.25, 0.3) is 0 Å². The first kappa shape index (κ1) is 20.8. The summed E-state index contributed by atoms with van der Waals surface area (Å²) < 4.78 is 10.6. The monoisotopic (exact) mass is 420 g/mol. The zero-order chi connectivity index (χ0) is 18.9. The van der Waals surface area contributed by atoms with Gasteiger partial charge in [0.2, 0.25) is 5.91 Å². The van der Waals surface area contributed by atoms with Crippen LogP contribution >= 0.6 is 24.2 Å². The average Bonchev–Trinajstić information content (AvgIpc) is 3.10. The summed E-state index contributed by atoms with van der Waals surface area (Å²) in [6.45, 7) is 0.448. The molecule has 5 nitrogen and oxygen atoms in total. The third kappa shape index (κ3) is 3.55. The van der Waals surface area contributed by atoms with Gasteiger partial charge in [0.1, 0.15) is 11.5 Å². The molecule has 2 aliphatic heterocycles. The van der Waals surface area contributed by atoms with Crippen LogP contribution in [0.4, 0.5) is 0 Å². The van der Waals surface area contributed by atoms with E-state index in [1.54, 1.807) is 14.2 Å². The Balaban J connectivity index is 0.00000225. The molecule has 2 heterocycles. The highest BCUT2D eigenvalue weighted by molar-refractivity contribution is 8.01. The van der Waals surface area contributed by atoms with Crippen LogP contribution in [0.15, 0.2) is 47.1 Å². The van der Waals surface area contributed by atoms with Crippen molar-refractivity contribution in [1.29, 1.82) is 0 Å². The predicted octanol–water partition coefficient (Wildman–Crippen LogP) is 3.78. The summed E-state index contributed by atoms with van der Waals surface area (Å²) in [4.78, 5) is 17.6. The summed E-state index contributed by atoms with van der Waals surface area (Å²) in [7, 11) is 3.25. The molecule has 3 aliphatic rings. The van der Waals surface area contributed by atoms with Gasteiger partial charge in [-0.3, -0.25) is 9.79 Å². The van der Waals surface area contributed by atoms with Crippen molar-refractivity contribution in [1.82, 2.24) is 5.32 Å². The number of hydrogen-bond acceptors (Lipinski definition) is 5. The molecule has 1 amide bonds. The molecule has 1 aromatic carbocycles. The minimum atomic E-state index is -0.0245. The number of hydrogen-bond donors (Lipinski definition) is 1. The summed E-state index contributed by atoms with van der Waals surface area (Å²) in [5.74, 6) is 2.72. The van der Waals surface area contributed by atoms with Gasteiger partial charge in [-0.25, -0.2) is 0 Å². The van der Waals surface area contributed by atoms with E-state index >= 15 is 0 Å². The number of halogens is 1. The predicted molar refractivity (Wildman–Crippen MR) is 116 cm³/mol. The smallest absolute Gasteiger partial charge is 0.224 e. The minimum Gasteiger partial charge on any atom is -0.497 e. The molecule has 0 aromatic heterocycles. The largest absolute Gasteiger partial charge is 0.497 e. The molecule has 1 saturated heterocycles. The number of thioether (sulfide) groups is 1. The molecule has 150 valence electrons. The fourth-order valence-corrected chi connectivity index (χ4v) is 6.07. The van der Waals surface area contributed by atoms with Crippen LogP contribution in [0.3, 0.4) is 0 Å². The molecule has 0 radical (unpaired) electrons. The second-order valence-electron chi connectivity index (χ2n) is 7.04. The van der Waals surface area contributed by atoms with Gasteiger partial charge in [0.25, 0.3) is 0 Å². The Morgan fingerprint density at radius 1 is 1.36 bits per heavy atom. The van der Waals surface area contributed by atoms with Gasteiger partial charge < -0.3 is 14.8 Å². The lowest BCUT2D eigenvalue weighted by Gasteiger charge is -2.39. The molecular weight excluding hydrogens is 396 g/mol. The van der Waals surface area contributed by atoms with Crippen molar-refractivity contribution in [3.63, 3.8) is 0 Å². The number of allylic oxidation sites excluding steroid dienone is 3. The number of nitrogens with one attached hydrogen (secondary N) is 1. The number of aliphatic imine (C=N–C) groups is 1. The number of rotatable bonds is 5. The van der Waals surface area contributed by atoms with Crippen LogP contribution in [0.2, 0.25) is 0 Å². The summed E-state index contributed by atoms with van der Waals surface area (Å²) in [5, 5.41) is 3.12. The third-order valence-electron chi connectivity index (χ3n) is 5.72. The Morgan fingerprint density at radius 2 is 2.21 bits per heavy atom. The Morgan fingerprint density at radius 3 is 3.00 bits per heavy atom. The fraction of sp³-hybridized carbons (Fsp3) is 0.429. The van der Waals surface area contributed by atoms with Crippen LogP contribution < -0.4 is 14.8 Å². The molecule has 4 rings (SSSR count). The van der Waals surface area contributed by atoms with Crippen molar-refractivity contribution in [2.45, 2.75) is 24.1 Å². The van der Waals surface area contributed by atoms with Crippen molar-refractivity contribution < 1.29 is 14.3 Å². The lowest BCUT2D eigenvalue weighted by atomic mass is 9.73. The number of carbonyl (C=O) groups excluding carboxylic acids is 1. The second-order valence-corrected chi connectivity index (χ2v) is 8.39. The van der Waals surface area contributed by atoms with E-state index < -0.39 is 0 Å². The number of benzene rings is 1. The van der Waals surface area contributed by atoms with Crippen LogP contribution in [-0.2, 0) is 11.3 Å². The van der Waals surface area contributed by atoms with Crippen LogP contribution in [-0.4, -0.2) is 36.8 Å². The molecule has 1 spiro atoms. The summed E-state index contributed by atoms with van der Waals surface area (Å²) >= 11 is 1.89. The van der Waals surface area contributed by atoms with Crippen molar-refractivity contribution in [2.24, 2.45) is 16.8 Å². The molecular formula is C21H25ClN2O3S. The zero-order valence-corrected chi connectivity index (χ0v) is 17.6. The highest BCUT2D eigenvalue weighted by Crippen LogP contribution is 2.57. The molecule has 3 unspecified atom stereocenters. The minimum absolute atomic E-state index is 0. The van der Waals surface area contributed by atoms with E-state index in [1.165, 1.54) is 0 Å². The highest BCUT2D eigenvalue weighted by Gasteiger charge is 2.54. The van der Waals surface area contributed by atoms with E-state index in [1.807, 2.05) is 36.2 Å². The van der Waals surface area contributed by atoms with Crippen LogP contribution in [0, 0.1) is 11.8 Å². The van der Waals surface area contributed by atoms with Gasteiger partial charge in [-0.05, 0) is 37.0 Å². The van der Waals surface area contributed by atoms with Crippen LogP contribution in [0.1, 0.15) is 18.4 Å². The van der Waals surface area contributed by atoms with Gasteiger partial charge in [0, 0.05) is 30.1 Å². The first-order valence-corrected chi connectivity index (χ1v) is 10.2. The van der Waals surface area contributed by atoms with E-state index in [0.29, 0.717) is 12.5 Å². The molecule has 1 aliphatic carbocycles. The number of amides is 1. The van der Waals surface area contributed by atoms with Crippen LogP contribution in [0.5, 0.6) is 11.5 Å². The van der Waals surface area contributed by atoms with Gasteiger partial charge in [0.15, 0.2) is 0 Å². The maximum absolute atomic E-state index is 13.0. The summed E-state index contributed by atoms with van der Waals surface area (Å²) in [6, 6.07) is 5.65. The molecule has 1 fully saturated rings. The Kier molecular flexibility index (Phi) is 6.40. The first-order chi connectivity index (χ1) is 13.2. The molecule has 1 N–H and O–H groups in total. The summed E-state index contributed by atoms with van der Waals surface area (Å²) in [6.07, 6.45) is 10.2. The average molecular weight is 421 g/mol. The van der Waals surface area contributed by atoms with E-state index in [-0.39, 0.29) is 29.0 Å². The maximum atomic E-state index is 13.0. The quantitative estimate of drug-likeness (QED) is 0.787. The van der Waals surface area contributed by atoms with Crippen molar-refractivity contribution in [3.05, 3.63) is 47.7 Å². The van der Waals surface area contributed by atoms with E-state index in [9.17, 15) is 4.79 Å². The maximum Gasteiger partial charge on any atom is 0.224 e. The van der Waals surface area contributed by atoms with E-state index in [2.05, 4.69) is 28.5 Å². The standard InChI is InChI=1S/C21H24N2O3S.ClH/c1-25-15-7-6-14(18(11-15)26-2)12-23-20(24)16-13-27-21-9-4-3-5-19(21)22-10-8-17(16)21;/h3-7,10-11,16-17H,8-9,12-13H2,1-2H3,(H,23,24);1H. The molecule has 1 aromatic rings. The third-order valence-corrected chi connectivity index (χ3v) is 7.44. The van der Waals surface area contributed by atoms with Crippen molar-refractivity contribution in [2.75, 3.05) is 20.0 Å². The lowest BCUT2D eigenvalue weighted by molar-refractivity contribution is -0.126. The van der Waals surface area contributed by atoms with Crippen molar-refractivity contribution >= 4 is 36.3 Å². The highest BCUT2D eigenvalue weighted by atomic mass is 35.5. The second kappa shape index (κ2) is 8.62. The number of ether oxygens (including phenoxy) is 2. The normalized spacial score (nSPS) is 27.1. The Labute approximate surface area is 176 Å². The topological polar surface area (TPSA) is 59.9 Å². The zero-order valence-electron chi connectivity index (χ0n) is 16.0. The van der Waals surface area contributed by atoms with Gasteiger partial charge in [-0.15, -0.1) is 24.2 Å². The number of carbonyl (C=O) groups is 1. The van der Waals surface area contributed by atoms with Gasteiger partial charge in [-0.1, -0.05) is 12.2 Å². The molecule has 0 bridgehead atoms.